The topological polar surface area (TPSA) is 85.3 Å². The maximum absolute atomic E-state index is 13.2. The third-order valence-corrected chi connectivity index (χ3v) is 5.31. The number of fused-ring (bicyclic) bond motifs is 1. The summed E-state index contributed by atoms with van der Waals surface area (Å²) >= 11 is 1.46. The monoisotopic (exact) mass is 383 g/mol. The Morgan fingerprint density at radius 3 is 3.04 bits per heavy atom. The lowest BCUT2D eigenvalue weighted by Gasteiger charge is -2.08. The van der Waals surface area contributed by atoms with Crippen molar-refractivity contribution in [3.63, 3.8) is 0 Å². The van der Waals surface area contributed by atoms with E-state index in [2.05, 4.69) is 20.4 Å². The Kier molecular flexibility index (Phi) is 3.57. The predicted octanol–water partition coefficient (Wildman–Crippen LogP) is 3.83. The molecule has 0 aliphatic heterocycles. The van der Waals surface area contributed by atoms with Gasteiger partial charge in [-0.05, 0) is 25.0 Å². The number of carbonyl (C=O) groups excluding carboxylic acids is 1. The number of alkyl halides is 1. The molecule has 27 heavy (non-hydrogen) atoms. The Bertz CT molecular complexity index is 1140. The molecule has 3 aromatic heterocycles. The number of aryl methyl sites for hydroxylation is 1. The van der Waals surface area contributed by atoms with E-state index in [-0.39, 0.29) is 11.8 Å². The van der Waals surface area contributed by atoms with Gasteiger partial charge in [-0.3, -0.25) is 9.20 Å². The molecule has 1 aromatic carbocycles. The highest BCUT2D eigenvalue weighted by atomic mass is 32.1. The van der Waals surface area contributed by atoms with E-state index in [4.69, 9.17) is 4.52 Å². The summed E-state index contributed by atoms with van der Waals surface area (Å²) in [6, 6.07) is 5.48. The highest BCUT2D eigenvalue weighted by Gasteiger charge is 2.43. The Balaban J connectivity index is 1.40. The van der Waals surface area contributed by atoms with Gasteiger partial charge >= 0.3 is 0 Å². The first-order chi connectivity index (χ1) is 13.1. The van der Waals surface area contributed by atoms with Crippen LogP contribution >= 0.6 is 11.3 Å². The number of imidazole rings is 1. The second-order valence-corrected chi connectivity index (χ2v) is 7.39. The minimum atomic E-state index is -0.893. The first-order valence-electron chi connectivity index (χ1n) is 8.41. The zero-order chi connectivity index (χ0) is 18.5. The van der Waals surface area contributed by atoms with Crippen LogP contribution in [0, 0.1) is 6.92 Å². The lowest BCUT2D eigenvalue weighted by molar-refractivity contribution is 0.102. The molecule has 1 fully saturated rings. The van der Waals surface area contributed by atoms with Gasteiger partial charge in [0.25, 0.3) is 5.91 Å². The van der Waals surface area contributed by atoms with Gasteiger partial charge in [0.05, 0.1) is 5.92 Å². The van der Waals surface area contributed by atoms with Crippen molar-refractivity contribution in [2.75, 3.05) is 5.32 Å². The smallest absolute Gasteiger partial charge is 0.275 e. The van der Waals surface area contributed by atoms with Gasteiger partial charge in [-0.25, -0.2) is 9.37 Å². The third-order valence-electron chi connectivity index (χ3n) is 4.54. The van der Waals surface area contributed by atoms with Crippen LogP contribution in [0.4, 0.5) is 10.1 Å². The molecular formula is C18H14FN5O2S. The molecule has 1 N–H and O–H groups in total. The standard InChI is InChI=1S/C18H14FN5O2S/c1-9-2-3-10(15-22-17(26-23-15)11-7-12(11)19)6-13(9)20-16(25)14-8-24-4-5-27-18(24)21-14/h2-6,8,11-12H,7H2,1H3,(H,20,25)/t11-,12-/m0/s1. The quantitative estimate of drug-likeness (QED) is 0.579. The summed E-state index contributed by atoms with van der Waals surface area (Å²) in [6.45, 7) is 1.89. The Labute approximate surface area is 156 Å². The van der Waals surface area contributed by atoms with E-state index in [1.165, 1.54) is 11.3 Å². The van der Waals surface area contributed by atoms with Crippen LogP contribution in [0.5, 0.6) is 0 Å². The number of nitrogens with one attached hydrogen (secondary N) is 1. The number of halogens is 1. The molecule has 0 bridgehead atoms. The van der Waals surface area contributed by atoms with Gasteiger partial charge in [-0.2, -0.15) is 4.98 Å². The molecule has 4 aromatic rings. The summed E-state index contributed by atoms with van der Waals surface area (Å²) in [6.07, 6.45) is 3.08. The summed E-state index contributed by atoms with van der Waals surface area (Å²) in [5.41, 5.74) is 2.56. The van der Waals surface area contributed by atoms with E-state index in [9.17, 15) is 9.18 Å². The molecule has 9 heteroatoms. The van der Waals surface area contributed by atoms with Crippen LogP contribution in [-0.2, 0) is 0 Å². The van der Waals surface area contributed by atoms with Gasteiger partial charge in [0.1, 0.15) is 11.9 Å². The Morgan fingerprint density at radius 2 is 2.26 bits per heavy atom. The number of carbonyl (C=O) groups is 1. The summed E-state index contributed by atoms with van der Waals surface area (Å²) in [5, 5.41) is 8.72. The second kappa shape index (κ2) is 5.98. The van der Waals surface area contributed by atoms with Crippen molar-refractivity contribution in [3.05, 3.63) is 53.1 Å². The lowest BCUT2D eigenvalue weighted by atomic mass is 10.1. The number of anilines is 1. The van der Waals surface area contributed by atoms with Crippen molar-refractivity contribution in [2.24, 2.45) is 0 Å². The van der Waals surface area contributed by atoms with Gasteiger partial charge in [0.15, 0.2) is 4.96 Å². The highest BCUT2D eigenvalue weighted by Crippen LogP contribution is 2.43. The maximum atomic E-state index is 13.2. The van der Waals surface area contributed by atoms with Crippen molar-refractivity contribution in [2.45, 2.75) is 25.4 Å². The van der Waals surface area contributed by atoms with E-state index in [1.54, 1.807) is 16.7 Å². The summed E-state index contributed by atoms with van der Waals surface area (Å²) < 4.78 is 20.1. The third kappa shape index (κ3) is 2.89. The van der Waals surface area contributed by atoms with E-state index in [1.807, 2.05) is 30.6 Å². The first-order valence-corrected chi connectivity index (χ1v) is 9.29. The molecule has 0 radical (unpaired) electrons. The Morgan fingerprint density at radius 1 is 1.41 bits per heavy atom. The van der Waals surface area contributed by atoms with Crippen LogP contribution in [-0.4, -0.2) is 31.6 Å². The van der Waals surface area contributed by atoms with Gasteiger partial charge in [-0.15, -0.1) is 11.3 Å². The average Bonchev–Trinajstić information content (AvgIpc) is 3.06. The van der Waals surface area contributed by atoms with Crippen molar-refractivity contribution in [1.82, 2.24) is 19.5 Å². The largest absolute Gasteiger partial charge is 0.339 e. The number of rotatable bonds is 4. The number of thiazole rings is 1. The fraction of sp³-hybridized carbons (Fsp3) is 0.222. The van der Waals surface area contributed by atoms with Gasteiger partial charge in [-0.1, -0.05) is 17.3 Å². The molecule has 5 rings (SSSR count). The number of benzene rings is 1. The van der Waals surface area contributed by atoms with Crippen LogP contribution in [0.1, 0.15) is 34.3 Å². The predicted molar refractivity (Wildman–Crippen MR) is 97.7 cm³/mol. The number of aromatic nitrogens is 4. The average molecular weight is 383 g/mol. The fourth-order valence-corrected chi connectivity index (χ4v) is 3.54. The fourth-order valence-electron chi connectivity index (χ4n) is 2.84. The molecule has 1 amide bonds. The van der Waals surface area contributed by atoms with Gasteiger partial charge < -0.3 is 9.84 Å². The Hall–Kier alpha value is -3.07. The van der Waals surface area contributed by atoms with Crippen LogP contribution in [0.2, 0.25) is 0 Å². The van der Waals surface area contributed by atoms with Crippen molar-refractivity contribution in [1.29, 1.82) is 0 Å². The molecule has 0 spiro atoms. The minimum absolute atomic E-state index is 0.286. The highest BCUT2D eigenvalue weighted by molar-refractivity contribution is 7.15. The molecule has 1 saturated carbocycles. The van der Waals surface area contributed by atoms with E-state index in [0.29, 0.717) is 35.1 Å². The SMILES string of the molecule is Cc1ccc(-c2noc([C@H]3C[C@@H]3F)n2)cc1NC(=O)c1cn2ccsc2n1. The molecule has 0 saturated heterocycles. The molecule has 2 atom stereocenters. The number of hydrogen-bond donors (Lipinski definition) is 1. The molecule has 7 nitrogen and oxygen atoms in total. The van der Waals surface area contributed by atoms with Crippen molar-refractivity contribution < 1.29 is 13.7 Å². The van der Waals surface area contributed by atoms with Crippen molar-refractivity contribution in [3.8, 4) is 11.4 Å². The zero-order valence-electron chi connectivity index (χ0n) is 14.2. The normalized spacial score (nSPS) is 18.7. The summed E-state index contributed by atoms with van der Waals surface area (Å²) in [5.74, 6) is 0.118. The molecular weight excluding hydrogens is 369 g/mol. The number of hydrogen-bond acceptors (Lipinski definition) is 6. The minimum Gasteiger partial charge on any atom is -0.339 e. The summed E-state index contributed by atoms with van der Waals surface area (Å²) in [4.78, 5) is 21.9. The van der Waals surface area contributed by atoms with E-state index in [0.717, 1.165) is 10.5 Å². The van der Waals surface area contributed by atoms with Gasteiger partial charge in [0.2, 0.25) is 11.7 Å². The molecule has 0 unspecified atom stereocenters. The van der Waals surface area contributed by atoms with Crippen molar-refractivity contribution >= 4 is 27.9 Å². The van der Waals surface area contributed by atoms with Crippen LogP contribution in [0.15, 0.2) is 40.5 Å². The molecule has 1 aliphatic rings. The molecule has 1 aliphatic carbocycles. The number of nitrogens with zero attached hydrogens (tertiary/aromatic N) is 4. The zero-order valence-corrected chi connectivity index (χ0v) is 15.0. The van der Waals surface area contributed by atoms with E-state index >= 15 is 0 Å². The second-order valence-electron chi connectivity index (χ2n) is 6.52. The van der Waals surface area contributed by atoms with E-state index < -0.39 is 6.17 Å². The van der Waals surface area contributed by atoms with Crippen LogP contribution in [0.25, 0.3) is 16.3 Å². The van der Waals surface area contributed by atoms with Crippen LogP contribution in [0.3, 0.4) is 0 Å². The maximum Gasteiger partial charge on any atom is 0.275 e. The first kappa shape index (κ1) is 16.1. The van der Waals surface area contributed by atoms with Gasteiger partial charge in [0, 0.05) is 29.0 Å². The molecule has 136 valence electrons. The summed E-state index contributed by atoms with van der Waals surface area (Å²) in [7, 11) is 0. The lowest BCUT2D eigenvalue weighted by Crippen LogP contribution is -2.13. The van der Waals surface area contributed by atoms with Crippen LogP contribution < -0.4 is 5.32 Å². The number of amides is 1. The molecule has 3 heterocycles.